The minimum absolute atomic E-state index is 0.0000761. The number of nitrogens with zero attached hydrogens (tertiary/aromatic N) is 2. The van der Waals surface area contributed by atoms with Crippen molar-refractivity contribution in [1.29, 1.82) is 0 Å². The molecule has 0 radical (unpaired) electrons. The van der Waals surface area contributed by atoms with E-state index in [2.05, 4.69) is 20.6 Å². The molecule has 1 aromatic heterocycles. The molecule has 11 heteroatoms. The van der Waals surface area contributed by atoms with Crippen LogP contribution in [0, 0.1) is 0 Å². The van der Waals surface area contributed by atoms with Crippen molar-refractivity contribution in [1.82, 2.24) is 9.97 Å². The Bertz CT molecular complexity index is 926. The molecular weight excluding hydrogens is 372 g/mol. The number of rotatable bonds is 6. The van der Waals surface area contributed by atoms with Crippen LogP contribution in [0.2, 0.25) is 0 Å². The maximum Gasteiger partial charge on any atom is 0.254 e. The molecule has 1 fully saturated rings. The number of nitrogens with one attached hydrogen (secondary N) is 2. The van der Waals surface area contributed by atoms with Gasteiger partial charge in [0.1, 0.15) is 5.82 Å². The predicted octanol–water partition coefficient (Wildman–Crippen LogP) is 0.557. The Morgan fingerprint density at radius 2 is 1.85 bits per heavy atom. The lowest BCUT2D eigenvalue weighted by atomic mass is 10.1. The second-order valence-corrected chi connectivity index (χ2v) is 7.61. The minimum Gasteiger partial charge on any atom is -0.381 e. The van der Waals surface area contributed by atoms with Crippen LogP contribution >= 0.6 is 0 Å². The summed E-state index contributed by atoms with van der Waals surface area (Å²) in [5.41, 5.74) is 6.16. The molecule has 0 aliphatic carbocycles. The lowest BCUT2D eigenvalue weighted by molar-refractivity contribution is 0.0903. The molecule has 6 N–H and O–H groups in total. The molecule has 1 amide bonds. The Morgan fingerprint density at radius 1 is 1.19 bits per heavy atom. The summed E-state index contributed by atoms with van der Waals surface area (Å²) in [6.45, 7) is 1.27. The summed E-state index contributed by atoms with van der Waals surface area (Å²) in [5.74, 6) is -0.0559. The van der Waals surface area contributed by atoms with E-state index in [-0.39, 0.29) is 22.4 Å². The number of primary amides is 1. The monoisotopic (exact) mass is 392 g/mol. The molecule has 0 atom stereocenters. The maximum atomic E-state index is 11.7. The molecule has 10 nitrogen and oxygen atoms in total. The number of hydrogen-bond acceptors (Lipinski definition) is 8. The van der Waals surface area contributed by atoms with Crippen molar-refractivity contribution in [3.05, 3.63) is 36.0 Å². The molecule has 1 aromatic carbocycles. The Labute approximate surface area is 156 Å². The molecule has 0 saturated carbocycles. The molecule has 2 heterocycles. The number of sulfonamides is 1. The van der Waals surface area contributed by atoms with Crippen LogP contribution in [-0.4, -0.2) is 43.5 Å². The van der Waals surface area contributed by atoms with E-state index in [9.17, 15) is 13.2 Å². The summed E-state index contributed by atoms with van der Waals surface area (Å²) in [4.78, 5) is 20.1. The predicted molar refractivity (Wildman–Crippen MR) is 99.1 cm³/mol. The Morgan fingerprint density at radius 3 is 2.44 bits per heavy atom. The van der Waals surface area contributed by atoms with Gasteiger partial charge in [-0.1, -0.05) is 0 Å². The van der Waals surface area contributed by atoms with Crippen LogP contribution in [0.4, 0.5) is 17.5 Å². The fourth-order valence-electron chi connectivity index (χ4n) is 2.62. The quantitative estimate of drug-likeness (QED) is 0.554. The lowest BCUT2D eigenvalue weighted by Crippen LogP contribution is -2.29. The van der Waals surface area contributed by atoms with E-state index in [0.29, 0.717) is 24.7 Å². The van der Waals surface area contributed by atoms with Crippen LogP contribution in [0.3, 0.4) is 0 Å². The average molecular weight is 392 g/mol. The van der Waals surface area contributed by atoms with Gasteiger partial charge < -0.3 is 21.1 Å². The van der Waals surface area contributed by atoms with Crippen molar-refractivity contribution in [3.63, 3.8) is 0 Å². The van der Waals surface area contributed by atoms with Gasteiger partial charge in [0.25, 0.3) is 5.91 Å². The first kappa shape index (κ1) is 19.0. The highest BCUT2D eigenvalue weighted by Gasteiger charge is 2.19. The van der Waals surface area contributed by atoms with E-state index in [1.54, 1.807) is 0 Å². The molecule has 27 heavy (non-hydrogen) atoms. The van der Waals surface area contributed by atoms with Gasteiger partial charge in [-0.15, -0.1) is 0 Å². The fraction of sp³-hybridized carbons (Fsp3) is 0.312. The SMILES string of the molecule is NC(=O)c1cnc(Nc2ccc(S(N)(=O)=O)cc2)nc1NC1CCOCC1. The number of anilines is 3. The highest BCUT2D eigenvalue weighted by Crippen LogP contribution is 2.21. The molecule has 1 aliphatic rings. The van der Waals surface area contributed by atoms with E-state index in [4.69, 9.17) is 15.6 Å². The van der Waals surface area contributed by atoms with Gasteiger partial charge >= 0.3 is 0 Å². The smallest absolute Gasteiger partial charge is 0.254 e. The summed E-state index contributed by atoms with van der Waals surface area (Å²) in [6.07, 6.45) is 2.93. The van der Waals surface area contributed by atoms with E-state index in [0.717, 1.165) is 12.8 Å². The van der Waals surface area contributed by atoms with Gasteiger partial charge in [0.15, 0.2) is 0 Å². The van der Waals surface area contributed by atoms with Crippen molar-refractivity contribution >= 4 is 33.4 Å². The van der Waals surface area contributed by atoms with Crippen molar-refractivity contribution in [3.8, 4) is 0 Å². The van der Waals surface area contributed by atoms with Gasteiger partial charge in [-0.2, -0.15) is 4.98 Å². The molecule has 0 spiro atoms. The van der Waals surface area contributed by atoms with Crippen LogP contribution in [0.25, 0.3) is 0 Å². The van der Waals surface area contributed by atoms with Crippen LogP contribution in [-0.2, 0) is 14.8 Å². The molecule has 2 aromatic rings. The van der Waals surface area contributed by atoms with Crippen molar-refractivity contribution in [2.45, 2.75) is 23.8 Å². The van der Waals surface area contributed by atoms with Crippen molar-refractivity contribution < 1.29 is 17.9 Å². The summed E-state index contributed by atoms with van der Waals surface area (Å²) in [6, 6.07) is 5.94. The second kappa shape index (κ2) is 7.86. The molecular formula is C16H20N6O4S. The molecule has 1 aliphatic heterocycles. The van der Waals surface area contributed by atoms with Crippen LogP contribution < -0.4 is 21.5 Å². The van der Waals surface area contributed by atoms with Gasteiger partial charge in [0.05, 0.1) is 10.5 Å². The minimum atomic E-state index is -3.76. The molecule has 1 saturated heterocycles. The van der Waals surface area contributed by atoms with E-state index in [1.807, 2.05) is 0 Å². The number of primary sulfonamides is 1. The fourth-order valence-corrected chi connectivity index (χ4v) is 3.14. The number of nitrogens with two attached hydrogens (primary N) is 2. The Hall–Kier alpha value is -2.76. The van der Waals surface area contributed by atoms with Gasteiger partial charge in [-0.05, 0) is 37.1 Å². The Balaban J connectivity index is 1.81. The first-order valence-electron chi connectivity index (χ1n) is 8.24. The Kier molecular flexibility index (Phi) is 5.54. The molecule has 3 rings (SSSR count). The summed E-state index contributed by atoms with van der Waals surface area (Å²) in [7, 11) is -3.76. The first-order chi connectivity index (χ1) is 12.8. The lowest BCUT2D eigenvalue weighted by Gasteiger charge is -2.24. The normalized spacial score (nSPS) is 15.3. The van der Waals surface area contributed by atoms with E-state index >= 15 is 0 Å². The average Bonchev–Trinajstić information content (AvgIpc) is 2.62. The number of amides is 1. The number of aromatic nitrogens is 2. The second-order valence-electron chi connectivity index (χ2n) is 6.05. The molecule has 144 valence electrons. The maximum absolute atomic E-state index is 11.7. The number of ether oxygens (including phenoxy) is 1. The molecule has 0 unspecified atom stereocenters. The summed E-state index contributed by atoms with van der Waals surface area (Å²) in [5, 5.41) is 11.2. The van der Waals surface area contributed by atoms with Gasteiger partial charge in [-0.25, -0.2) is 18.5 Å². The third kappa shape index (κ3) is 4.90. The standard InChI is InChI=1S/C16H20N6O4S/c17-14(23)13-9-19-16(22-15(13)20-11-5-7-26-8-6-11)21-10-1-3-12(4-2-10)27(18,24)25/h1-4,9,11H,5-8H2,(H2,17,23)(H2,18,24,25)(H2,19,20,21,22). The van der Waals surface area contributed by atoms with Crippen molar-refractivity contribution in [2.75, 3.05) is 23.8 Å². The van der Waals surface area contributed by atoms with Crippen LogP contribution in [0.15, 0.2) is 35.4 Å². The van der Waals surface area contributed by atoms with E-state index in [1.165, 1.54) is 30.5 Å². The van der Waals surface area contributed by atoms with Gasteiger partial charge in [0.2, 0.25) is 16.0 Å². The van der Waals surface area contributed by atoms with Crippen LogP contribution in [0.1, 0.15) is 23.2 Å². The summed E-state index contributed by atoms with van der Waals surface area (Å²) < 4.78 is 27.9. The largest absolute Gasteiger partial charge is 0.381 e. The van der Waals surface area contributed by atoms with Gasteiger partial charge in [-0.3, -0.25) is 4.79 Å². The summed E-state index contributed by atoms with van der Waals surface area (Å²) >= 11 is 0. The molecule has 0 bridgehead atoms. The van der Waals surface area contributed by atoms with Crippen LogP contribution in [0.5, 0.6) is 0 Å². The number of carbonyl (C=O) groups is 1. The topological polar surface area (TPSA) is 162 Å². The first-order valence-corrected chi connectivity index (χ1v) is 9.78. The number of benzene rings is 1. The van der Waals surface area contributed by atoms with E-state index < -0.39 is 15.9 Å². The number of hydrogen-bond donors (Lipinski definition) is 4. The number of carbonyl (C=O) groups excluding carboxylic acids is 1. The zero-order valence-corrected chi connectivity index (χ0v) is 15.2. The zero-order valence-electron chi connectivity index (χ0n) is 14.4. The van der Waals surface area contributed by atoms with Crippen molar-refractivity contribution in [2.24, 2.45) is 10.9 Å². The van der Waals surface area contributed by atoms with Gasteiger partial charge in [0, 0.05) is 31.1 Å². The third-order valence-electron chi connectivity index (χ3n) is 4.06. The third-order valence-corrected chi connectivity index (χ3v) is 4.98. The highest BCUT2D eigenvalue weighted by atomic mass is 32.2. The zero-order chi connectivity index (χ0) is 19.4. The highest BCUT2D eigenvalue weighted by molar-refractivity contribution is 7.89.